The van der Waals surface area contributed by atoms with Crippen molar-refractivity contribution in [2.24, 2.45) is 0 Å². The molecule has 0 aliphatic rings. The van der Waals surface area contributed by atoms with Crippen LogP contribution < -0.4 is 5.32 Å². The van der Waals surface area contributed by atoms with Crippen molar-refractivity contribution in [3.63, 3.8) is 0 Å². The molecule has 1 rings (SSSR count). The number of hydrogen-bond acceptors (Lipinski definition) is 3. The summed E-state index contributed by atoms with van der Waals surface area (Å²) in [6.45, 7) is 6.65. The molecule has 92 valence electrons. The maximum Gasteiger partial charge on any atom is 0.119 e. The molecule has 0 aliphatic heterocycles. The van der Waals surface area contributed by atoms with Gasteiger partial charge in [-0.05, 0) is 32.2 Å². The van der Waals surface area contributed by atoms with Gasteiger partial charge in [0.15, 0.2) is 0 Å². The van der Waals surface area contributed by atoms with E-state index in [1.54, 1.807) is 12.7 Å². The van der Waals surface area contributed by atoms with Gasteiger partial charge in [0.05, 0.1) is 0 Å². The largest absolute Gasteiger partial charge is 0.320 e. The average molecular weight is 224 g/mol. The second-order valence-corrected chi connectivity index (χ2v) is 4.25. The minimum atomic E-state index is 0.708. The number of aryl methyl sites for hydroxylation is 1. The first-order valence-corrected chi connectivity index (χ1v) is 6.42. The highest BCUT2D eigenvalue weighted by atomic mass is 15.2. The molecule has 1 heterocycles. The van der Waals surface area contributed by atoms with Crippen LogP contribution in [-0.2, 0) is 6.54 Å². The van der Waals surface area contributed by atoms with E-state index < -0.39 is 0 Å². The van der Waals surface area contributed by atoms with Crippen LogP contribution in [0.3, 0.4) is 0 Å². The molecule has 1 unspecified atom stereocenters. The molecule has 1 aromatic rings. The van der Waals surface area contributed by atoms with Crippen LogP contribution in [0, 0.1) is 0 Å². The smallest absolute Gasteiger partial charge is 0.119 e. The summed E-state index contributed by atoms with van der Waals surface area (Å²) in [4.78, 5) is 0. The number of unbranched alkanes of at least 4 members (excludes halogenated alkanes) is 1. The fourth-order valence-electron chi connectivity index (χ4n) is 1.86. The summed E-state index contributed by atoms with van der Waals surface area (Å²) < 4.78 is 2.03. The minimum absolute atomic E-state index is 0.708. The van der Waals surface area contributed by atoms with Gasteiger partial charge >= 0.3 is 0 Å². The quantitative estimate of drug-likeness (QED) is 0.654. The number of hydrogen-bond donors (Lipinski definition) is 1. The van der Waals surface area contributed by atoms with Gasteiger partial charge in [-0.3, -0.25) is 0 Å². The molecule has 1 aromatic heterocycles. The van der Waals surface area contributed by atoms with Crippen LogP contribution in [0.15, 0.2) is 12.7 Å². The number of rotatable bonds is 9. The van der Waals surface area contributed by atoms with Gasteiger partial charge in [-0.1, -0.05) is 20.3 Å². The van der Waals surface area contributed by atoms with Gasteiger partial charge in [0, 0.05) is 12.6 Å². The van der Waals surface area contributed by atoms with Gasteiger partial charge in [-0.15, -0.1) is 10.2 Å². The third kappa shape index (κ3) is 5.26. The van der Waals surface area contributed by atoms with E-state index in [0.29, 0.717) is 6.04 Å². The SMILES string of the molecule is CCCC(CC)NCCCCn1cnnc1. The molecule has 0 aliphatic carbocycles. The lowest BCUT2D eigenvalue weighted by atomic mass is 10.1. The topological polar surface area (TPSA) is 42.7 Å². The summed E-state index contributed by atoms with van der Waals surface area (Å²) >= 11 is 0. The Morgan fingerprint density at radius 2 is 1.94 bits per heavy atom. The average Bonchev–Trinajstić information content (AvgIpc) is 2.80. The molecule has 4 heteroatoms. The molecule has 4 nitrogen and oxygen atoms in total. The van der Waals surface area contributed by atoms with Crippen molar-refractivity contribution >= 4 is 0 Å². The summed E-state index contributed by atoms with van der Waals surface area (Å²) in [5.41, 5.74) is 0. The lowest BCUT2D eigenvalue weighted by Gasteiger charge is -2.15. The van der Waals surface area contributed by atoms with Crippen LogP contribution in [-0.4, -0.2) is 27.4 Å². The molecule has 1 atom stereocenters. The van der Waals surface area contributed by atoms with Gasteiger partial charge in [0.1, 0.15) is 12.7 Å². The van der Waals surface area contributed by atoms with Crippen LogP contribution >= 0.6 is 0 Å². The maximum atomic E-state index is 3.78. The highest BCUT2D eigenvalue weighted by Gasteiger charge is 2.02. The Hall–Kier alpha value is -0.900. The van der Waals surface area contributed by atoms with E-state index in [2.05, 4.69) is 29.4 Å². The molecule has 0 fully saturated rings. The first-order chi connectivity index (χ1) is 7.86. The summed E-state index contributed by atoms with van der Waals surface area (Å²) in [6.07, 6.45) is 9.76. The van der Waals surface area contributed by atoms with Crippen molar-refractivity contribution in [1.82, 2.24) is 20.1 Å². The fraction of sp³-hybridized carbons (Fsp3) is 0.833. The molecule has 0 spiro atoms. The van der Waals surface area contributed by atoms with E-state index in [-0.39, 0.29) is 0 Å². The van der Waals surface area contributed by atoms with E-state index >= 15 is 0 Å². The molecule has 0 radical (unpaired) electrons. The summed E-state index contributed by atoms with van der Waals surface area (Å²) in [5.74, 6) is 0. The number of aromatic nitrogens is 3. The first kappa shape index (κ1) is 13.2. The fourth-order valence-corrected chi connectivity index (χ4v) is 1.86. The molecule has 16 heavy (non-hydrogen) atoms. The Kier molecular flexibility index (Phi) is 6.81. The van der Waals surface area contributed by atoms with Gasteiger partial charge in [0.25, 0.3) is 0 Å². The van der Waals surface area contributed by atoms with Gasteiger partial charge < -0.3 is 9.88 Å². The first-order valence-electron chi connectivity index (χ1n) is 6.42. The molecule has 0 amide bonds. The number of nitrogens with one attached hydrogen (secondary N) is 1. The van der Waals surface area contributed by atoms with Crippen molar-refractivity contribution < 1.29 is 0 Å². The minimum Gasteiger partial charge on any atom is -0.320 e. The molecular formula is C12H24N4. The molecule has 1 N–H and O–H groups in total. The Morgan fingerprint density at radius 3 is 2.56 bits per heavy atom. The van der Waals surface area contributed by atoms with Gasteiger partial charge in [-0.25, -0.2) is 0 Å². The lowest BCUT2D eigenvalue weighted by molar-refractivity contribution is 0.449. The Balaban J connectivity index is 1.98. The van der Waals surface area contributed by atoms with Crippen LogP contribution in [0.4, 0.5) is 0 Å². The molecular weight excluding hydrogens is 200 g/mol. The van der Waals surface area contributed by atoms with Crippen molar-refractivity contribution in [2.75, 3.05) is 6.54 Å². The molecule has 0 saturated carbocycles. The second kappa shape index (κ2) is 8.28. The second-order valence-electron chi connectivity index (χ2n) is 4.25. The predicted molar refractivity (Wildman–Crippen MR) is 66.2 cm³/mol. The van der Waals surface area contributed by atoms with Crippen LogP contribution in [0.2, 0.25) is 0 Å². The van der Waals surface area contributed by atoms with E-state index in [4.69, 9.17) is 0 Å². The summed E-state index contributed by atoms with van der Waals surface area (Å²) in [7, 11) is 0. The number of nitrogens with zero attached hydrogens (tertiary/aromatic N) is 3. The maximum absolute atomic E-state index is 3.78. The zero-order valence-electron chi connectivity index (χ0n) is 10.5. The lowest BCUT2D eigenvalue weighted by Crippen LogP contribution is -2.29. The van der Waals surface area contributed by atoms with Crippen LogP contribution in [0.25, 0.3) is 0 Å². The predicted octanol–water partition coefficient (Wildman–Crippen LogP) is 2.23. The molecule has 0 bridgehead atoms. The summed E-state index contributed by atoms with van der Waals surface area (Å²) in [6, 6.07) is 0.708. The zero-order chi connectivity index (χ0) is 11.6. The van der Waals surface area contributed by atoms with E-state index in [0.717, 1.165) is 13.1 Å². The van der Waals surface area contributed by atoms with Gasteiger partial charge in [0.2, 0.25) is 0 Å². The van der Waals surface area contributed by atoms with Crippen molar-refractivity contribution in [2.45, 2.75) is 58.5 Å². The zero-order valence-corrected chi connectivity index (χ0v) is 10.5. The van der Waals surface area contributed by atoms with Crippen LogP contribution in [0.1, 0.15) is 46.0 Å². The molecule has 0 aromatic carbocycles. The third-order valence-corrected chi connectivity index (χ3v) is 2.87. The van der Waals surface area contributed by atoms with Crippen LogP contribution in [0.5, 0.6) is 0 Å². The van der Waals surface area contributed by atoms with Crippen molar-refractivity contribution in [3.8, 4) is 0 Å². The normalized spacial score (nSPS) is 12.9. The highest BCUT2D eigenvalue weighted by Crippen LogP contribution is 2.01. The van der Waals surface area contributed by atoms with Gasteiger partial charge in [-0.2, -0.15) is 0 Å². The third-order valence-electron chi connectivity index (χ3n) is 2.87. The van der Waals surface area contributed by atoms with Crippen molar-refractivity contribution in [1.29, 1.82) is 0 Å². The monoisotopic (exact) mass is 224 g/mol. The molecule has 0 saturated heterocycles. The Labute approximate surface area is 98.5 Å². The highest BCUT2D eigenvalue weighted by molar-refractivity contribution is 4.64. The van der Waals surface area contributed by atoms with E-state index in [9.17, 15) is 0 Å². The standard InChI is InChI=1S/C12H24N4/c1-3-7-12(4-2)13-8-5-6-9-16-10-14-15-11-16/h10-13H,3-9H2,1-2H3. The Bertz CT molecular complexity index is 246. The Morgan fingerprint density at radius 1 is 1.19 bits per heavy atom. The summed E-state index contributed by atoms with van der Waals surface area (Å²) in [5, 5.41) is 11.2. The van der Waals surface area contributed by atoms with E-state index in [1.807, 2.05) is 4.57 Å². The van der Waals surface area contributed by atoms with E-state index in [1.165, 1.54) is 32.1 Å². The van der Waals surface area contributed by atoms with Crippen molar-refractivity contribution in [3.05, 3.63) is 12.7 Å².